The lowest BCUT2D eigenvalue weighted by atomic mass is 9.83. The number of amides is 2. The van der Waals surface area contributed by atoms with Crippen molar-refractivity contribution in [3.63, 3.8) is 0 Å². The fourth-order valence-electron chi connectivity index (χ4n) is 6.38. The minimum absolute atomic E-state index is 0.0203. The average molecular weight is 642 g/mol. The molecule has 2 atom stereocenters. The number of ether oxygens (including phenoxy) is 1. The Bertz CT molecular complexity index is 2000. The first-order chi connectivity index (χ1) is 23.4. The predicted molar refractivity (Wildman–Crippen MR) is 181 cm³/mol. The van der Waals surface area contributed by atoms with Crippen molar-refractivity contribution < 1.29 is 24.5 Å². The van der Waals surface area contributed by atoms with Gasteiger partial charge in [0.15, 0.2) is 11.4 Å². The van der Waals surface area contributed by atoms with Gasteiger partial charge < -0.3 is 19.8 Å². The molecule has 0 radical (unpaired) electrons. The number of nitrogens with zero attached hydrogens (tertiary/aromatic N) is 5. The maximum absolute atomic E-state index is 14.0. The number of hydrogen-bond donors (Lipinski definition) is 2. The molecule has 7 rings (SSSR count). The Balaban J connectivity index is 1.10. The zero-order valence-electron chi connectivity index (χ0n) is 26.4. The summed E-state index contributed by atoms with van der Waals surface area (Å²) in [7, 11) is 0. The van der Waals surface area contributed by atoms with Crippen LogP contribution in [0.15, 0.2) is 115 Å². The molecule has 2 aliphatic heterocycles. The largest absolute Gasteiger partial charge is 0.454 e. The molecule has 0 aliphatic carbocycles. The molecule has 3 heterocycles. The van der Waals surface area contributed by atoms with Crippen molar-refractivity contribution in [3.8, 4) is 11.5 Å². The number of aryl methyl sites for hydroxylation is 1. The van der Waals surface area contributed by atoms with Crippen molar-refractivity contribution in [2.75, 3.05) is 16.4 Å². The summed E-state index contributed by atoms with van der Waals surface area (Å²) in [4.78, 5) is 31.1. The van der Waals surface area contributed by atoms with Crippen LogP contribution in [0.5, 0.6) is 11.5 Å². The molecule has 1 aromatic heterocycles. The highest BCUT2D eigenvalue weighted by atomic mass is 16.5. The van der Waals surface area contributed by atoms with Gasteiger partial charge in [-0.1, -0.05) is 78.9 Å². The normalized spacial score (nSPS) is 17.6. The van der Waals surface area contributed by atoms with Gasteiger partial charge in [-0.2, -0.15) is 0 Å². The van der Waals surface area contributed by atoms with Crippen LogP contribution in [-0.4, -0.2) is 43.6 Å². The van der Waals surface area contributed by atoms with E-state index in [1.165, 1.54) is 0 Å². The molecule has 0 fully saturated rings. The number of allylic oxidation sites excluding steroid dienone is 1. The van der Waals surface area contributed by atoms with Gasteiger partial charge in [-0.3, -0.25) is 19.2 Å². The summed E-state index contributed by atoms with van der Waals surface area (Å²) in [5, 5.41) is 29.2. The van der Waals surface area contributed by atoms with Crippen LogP contribution >= 0.6 is 0 Å². The Kier molecular flexibility index (Phi) is 8.34. The van der Waals surface area contributed by atoms with E-state index in [0.29, 0.717) is 59.1 Å². The molecule has 10 nitrogen and oxygen atoms in total. The minimum Gasteiger partial charge on any atom is -0.454 e. The third-order valence-corrected chi connectivity index (χ3v) is 8.92. The van der Waals surface area contributed by atoms with Crippen molar-refractivity contribution in [1.29, 1.82) is 0 Å². The summed E-state index contributed by atoms with van der Waals surface area (Å²) in [6.07, 6.45) is 6.71. The van der Waals surface area contributed by atoms with Crippen LogP contribution in [0.25, 0.3) is 0 Å². The topological polar surface area (TPSA) is 121 Å². The third-order valence-electron chi connectivity index (χ3n) is 8.92. The Morgan fingerprint density at radius 3 is 2.40 bits per heavy atom. The monoisotopic (exact) mass is 641 g/mol. The summed E-state index contributed by atoms with van der Waals surface area (Å²) in [5.41, 5.74) is 2.83. The lowest BCUT2D eigenvalue weighted by molar-refractivity contribution is -0.139. The van der Waals surface area contributed by atoms with Gasteiger partial charge in [0.05, 0.1) is 29.2 Å². The van der Waals surface area contributed by atoms with Crippen LogP contribution in [0.3, 0.4) is 0 Å². The molecule has 0 saturated carbocycles. The first kappa shape index (κ1) is 31.0. The fourth-order valence-corrected chi connectivity index (χ4v) is 6.38. The number of benzene rings is 4. The van der Waals surface area contributed by atoms with Gasteiger partial charge >= 0.3 is 0 Å². The summed E-state index contributed by atoms with van der Waals surface area (Å²) in [6, 6.07) is 29.5. The second-order valence-electron chi connectivity index (χ2n) is 12.0. The van der Waals surface area contributed by atoms with E-state index in [9.17, 15) is 14.7 Å². The molecule has 10 heteroatoms. The van der Waals surface area contributed by atoms with E-state index in [1.54, 1.807) is 38.9 Å². The van der Waals surface area contributed by atoms with Crippen LogP contribution in [0.4, 0.5) is 17.1 Å². The van der Waals surface area contributed by atoms with Crippen LogP contribution in [-0.2, 0) is 29.9 Å². The van der Waals surface area contributed by atoms with Crippen LogP contribution < -0.4 is 14.5 Å². The van der Waals surface area contributed by atoms with Crippen molar-refractivity contribution in [2.45, 2.75) is 38.5 Å². The van der Waals surface area contributed by atoms with Crippen LogP contribution in [0, 0.1) is 5.92 Å². The van der Waals surface area contributed by atoms with Crippen molar-refractivity contribution in [3.05, 3.63) is 138 Å². The van der Waals surface area contributed by atoms with E-state index in [4.69, 9.17) is 9.84 Å². The van der Waals surface area contributed by atoms with E-state index in [1.807, 2.05) is 97.9 Å². The predicted octanol–water partition coefficient (Wildman–Crippen LogP) is 5.91. The Morgan fingerprint density at radius 1 is 0.896 bits per heavy atom. The molecule has 4 aromatic carbocycles. The standard InChI is InChI=1S/C38H35N5O5/c1-26(10-8-9-22-41-25-28(21-23-44)39-40-41)38(47)31-12-3-4-13-32(31)42(37(38)46)24-27-17-19-29(20-18-27)43-33-14-5-7-16-35(33)48-34-15-6-2-11-30(34)36(43)45/h2-8,10-20,25-26,44,47H,9,21-24H2,1H3/b10-8+/t26-,38+/m1/s1. The molecular formula is C38H35N5O5. The molecule has 0 unspecified atom stereocenters. The molecule has 2 amide bonds. The minimum atomic E-state index is -1.73. The summed E-state index contributed by atoms with van der Waals surface area (Å²) >= 11 is 0. The number of para-hydroxylation sites is 4. The first-order valence-electron chi connectivity index (χ1n) is 16.0. The molecular weight excluding hydrogens is 606 g/mol. The second kappa shape index (κ2) is 12.9. The van der Waals surface area contributed by atoms with Gasteiger partial charge in [0.1, 0.15) is 5.75 Å². The fraction of sp³-hybridized carbons (Fsp3) is 0.211. The SMILES string of the molecule is C[C@H](/C=C/CCn1cc(CCO)nn1)[C@@]1(O)C(=O)N(Cc2ccc(N3C(=O)c4ccccc4Oc4ccccc43)cc2)c2ccccc21. The number of carbonyl (C=O) groups is 2. The molecule has 2 aliphatic rings. The van der Waals surface area contributed by atoms with Crippen molar-refractivity contribution >= 4 is 28.9 Å². The molecule has 0 bridgehead atoms. The van der Waals surface area contributed by atoms with Crippen LogP contribution in [0.1, 0.15) is 40.5 Å². The number of anilines is 3. The Hall–Kier alpha value is -5.58. The maximum atomic E-state index is 14.0. The highest BCUT2D eigenvalue weighted by Gasteiger charge is 2.52. The second-order valence-corrected chi connectivity index (χ2v) is 12.0. The van der Waals surface area contributed by atoms with Gasteiger partial charge in [0.2, 0.25) is 0 Å². The summed E-state index contributed by atoms with van der Waals surface area (Å²) < 4.78 is 7.85. The van der Waals surface area contributed by atoms with Gasteiger partial charge in [-0.05, 0) is 54.4 Å². The van der Waals surface area contributed by atoms with E-state index >= 15 is 0 Å². The Morgan fingerprint density at radius 2 is 1.60 bits per heavy atom. The van der Waals surface area contributed by atoms with Gasteiger partial charge in [0.25, 0.3) is 11.8 Å². The summed E-state index contributed by atoms with van der Waals surface area (Å²) in [6.45, 7) is 2.69. The molecule has 242 valence electrons. The number of rotatable bonds is 10. The van der Waals surface area contributed by atoms with E-state index < -0.39 is 11.5 Å². The lowest BCUT2D eigenvalue weighted by Crippen LogP contribution is -2.44. The average Bonchev–Trinajstić information content (AvgIpc) is 3.61. The van der Waals surface area contributed by atoms with Gasteiger partial charge in [0, 0.05) is 42.9 Å². The zero-order chi connectivity index (χ0) is 33.3. The number of aliphatic hydroxyl groups is 2. The molecule has 0 saturated heterocycles. The van der Waals surface area contributed by atoms with Crippen molar-refractivity contribution in [2.24, 2.45) is 5.92 Å². The van der Waals surface area contributed by atoms with Crippen LogP contribution in [0.2, 0.25) is 0 Å². The number of carbonyl (C=O) groups excluding carboxylic acids is 2. The smallest absolute Gasteiger partial charge is 0.266 e. The highest BCUT2D eigenvalue weighted by Crippen LogP contribution is 2.46. The van der Waals surface area contributed by atoms with E-state index in [0.717, 1.165) is 11.3 Å². The van der Waals surface area contributed by atoms with E-state index in [-0.39, 0.29) is 25.0 Å². The third kappa shape index (κ3) is 5.55. The molecule has 0 spiro atoms. The molecule has 5 aromatic rings. The molecule has 2 N–H and O–H groups in total. The quantitative estimate of drug-likeness (QED) is 0.182. The zero-order valence-corrected chi connectivity index (χ0v) is 26.4. The Labute approximate surface area is 278 Å². The molecule has 48 heavy (non-hydrogen) atoms. The first-order valence-corrected chi connectivity index (χ1v) is 16.0. The van der Waals surface area contributed by atoms with E-state index in [2.05, 4.69) is 10.3 Å². The number of hydrogen-bond acceptors (Lipinski definition) is 7. The lowest BCUT2D eigenvalue weighted by Gasteiger charge is -2.28. The maximum Gasteiger partial charge on any atom is 0.266 e. The number of fused-ring (bicyclic) bond motifs is 3. The van der Waals surface area contributed by atoms with Gasteiger partial charge in [-0.25, -0.2) is 0 Å². The summed E-state index contributed by atoms with van der Waals surface area (Å²) in [5.74, 6) is -0.0162. The highest BCUT2D eigenvalue weighted by molar-refractivity contribution is 6.14. The van der Waals surface area contributed by atoms with Gasteiger partial charge in [-0.15, -0.1) is 5.10 Å². The number of aromatic nitrogens is 3. The van der Waals surface area contributed by atoms with Crippen molar-refractivity contribution in [1.82, 2.24) is 15.0 Å². The number of aliphatic hydroxyl groups excluding tert-OH is 1.